The normalized spacial score (nSPS) is 18.8. The molecule has 1 aliphatic rings. The summed E-state index contributed by atoms with van der Waals surface area (Å²) in [6.07, 6.45) is 4.25. The fourth-order valence-corrected chi connectivity index (χ4v) is 2.92. The summed E-state index contributed by atoms with van der Waals surface area (Å²) in [7, 11) is 0. The molecule has 1 aromatic carbocycles. The van der Waals surface area contributed by atoms with Gasteiger partial charge in [0.1, 0.15) is 0 Å². The van der Waals surface area contributed by atoms with Crippen LogP contribution in [0, 0.1) is 0 Å². The number of hydrogen-bond acceptors (Lipinski definition) is 3. The van der Waals surface area contributed by atoms with Gasteiger partial charge in [-0.15, -0.1) is 0 Å². The maximum atomic E-state index is 12.1. The summed E-state index contributed by atoms with van der Waals surface area (Å²) in [5.41, 5.74) is 0.677. The van der Waals surface area contributed by atoms with E-state index in [1.807, 2.05) is 18.2 Å². The monoisotopic (exact) mass is 304 g/mol. The number of amides is 1. The molecule has 0 unspecified atom stereocenters. The molecule has 0 aromatic heterocycles. The Hall–Kier alpha value is -1.88. The van der Waals surface area contributed by atoms with Gasteiger partial charge in [-0.2, -0.15) is 0 Å². The fraction of sp³-hybridized carbons (Fsp3) is 0.529. The van der Waals surface area contributed by atoms with E-state index in [0.717, 1.165) is 25.9 Å². The average Bonchev–Trinajstić information content (AvgIpc) is 2.54. The molecule has 1 atom stereocenters. The SMILES string of the molecule is O=C(O)CCCN1CCCC[C@@H]1CNC(=O)c1ccccc1. The second kappa shape index (κ2) is 8.54. The summed E-state index contributed by atoms with van der Waals surface area (Å²) in [6.45, 7) is 2.41. The summed E-state index contributed by atoms with van der Waals surface area (Å²) in [5, 5.41) is 11.7. The third-order valence-electron chi connectivity index (χ3n) is 4.12. The predicted octanol–water partition coefficient (Wildman–Crippen LogP) is 2.14. The molecule has 1 fully saturated rings. The second-order valence-electron chi connectivity index (χ2n) is 5.76. The zero-order valence-corrected chi connectivity index (χ0v) is 12.8. The minimum Gasteiger partial charge on any atom is -0.481 e. The van der Waals surface area contributed by atoms with Crippen molar-refractivity contribution in [3.05, 3.63) is 35.9 Å². The van der Waals surface area contributed by atoms with Crippen LogP contribution in [0.4, 0.5) is 0 Å². The Labute approximate surface area is 131 Å². The smallest absolute Gasteiger partial charge is 0.303 e. The van der Waals surface area contributed by atoms with E-state index in [2.05, 4.69) is 10.2 Å². The number of nitrogens with zero attached hydrogens (tertiary/aromatic N) is 1. The van der Waals surface area contributed by atoms with Crippen molar-refractivity contribution in [1.82, 2.24) is 10.2 Å². The van der Waals surface area contributed by atoms with Crippen molar-refractivity contribution >= 4 is 11.9 Å². The van der Waals surface area contributed by atoms with Crippen molar-refractivity contribution in [3.8, 4) is 0 Å². The van der Waals surface area contributed by atoms with Gasteiger partial charge in [0.05, 0.1) is 0 Å². The molecule has 1 saturated heterocycles. The van der Waals surface area contributed by atoms with Gasteiger partial charge in [0, 0.05) is 24.6 Å². The van der Waals surface area contributed by atoms with E-state index >= 15 is 0 Å². The van der Waals surface area contributed by atoms with Crippen molar-refractivity contribution in [2.45, 2.75) is 38.1 Å². The molecule has 1 aromatic rings. The number of piperidine rings is 1. The number of aliphatic carboxylic acids is 1. The zero-order valence-electron chi connectivity index (χ0n) is 12.8. The van der Waals surface area contributed by atoms with Gasteiger partial charge in [0.25, 0.3) is 5.91 Å². The number of carbonyl (C=O) groups excluding carboxylic acids is 1. The summed E-state index contributed by atoms with van der Waals surface area (Å²) in [4.78, 5) is 25.0. The largest absolute Gasteiger partial charge is 0.481 e. The molecule has 22 heavy (non-hydrogen) atoms. The molecule has 0 bridgehead atoms. The molecule has 1 aliphatic heterocycles. The first-order valence-electron chi connectivity index (χ1n) is 7.96. The minimum atomic E-state index is -0.745. The summed E-state index contributed by atoms with van der Waals surface area (Å²) < 4.78 is 0. The highest BCUT2D eigenvalue weighted by atomic mass is 16.4. The van der Waals surface area contributed by atoms with Crippen LogP contribution in [0.15, 0.2) is 30.3 Å². The lowest BCUT2D eigenvalue weighted by Gasteiger charge is -2.35. The highest BCUT2D eigenvalue weighted by Gasteiger charge is 2.22. The maximum Gasteiger partial charge on any atom is 0.303 e. The molecule has 0 radical (unpaired) electrons. The second-order valence-corrected chi connectivity index (χ2v) is 5.76. The third-order valence-corrected chi connectivity index (χ3v) is 4.12. The van der Waals surface area contributed by atoms with E-state index in [4.69, 9.17) is 5.11 Å². The first-order chi connectivity index (χ1) is 10.7. The third kappa shape index (κ3) is 5.15. The number of carboxylic acid groups (broad SMARTS) is 1. The fourth-order valence-electron chi connectivity index (χ4n) is 2.92. The molecule has 2 N–H and O–H groups in total. The first-order valence-corrected chi connectivity index (χ1v) is 7.96. The van der Waals surface area contributed by atoms with Crippen molar-refractivity contribution < 1.29 is 14.7 Å². The molecule has 0 aliphatic carbocycles. The van der Waals surface area contributed by atoms with Crippen LogP contribution in [0.2, 0.25) is 0 Å². The Balaban J connectivity index is 1.81. The number of likely N-dealkylation sites (tertiary alicyclic amines) is 1. The van der Waals surface area contributed by atoms with Gasteiger partial charge in [-0.1, -0.05) is 24.6 Å². The predicted molar refractivity (Wildman–Crippen MR) is 84.9 cm³/mol. The van der Waals surface area contributed by atoms with E-state index in [0.29, 0.717) is 24.6 Å². The standard InChI is InChI=1S/C17H24N2O3/c20-16(21)10-6-12-19-11-5-4-9-15(19)13-18-17(22)14-7-2-1-3-8-14/h1-3,7-8,15H,4-6,9-13H2,(H,18,22)(H,20,21)/t15-/m1/s1. The molecule has 2 rings (SSSR count). The van der Waals surface area contributed by atoms with Crippen LogP contribution in [0.3, 0.4) is 0 Å². The Morgan fingerprint density at radius 2 is 2.00 bits per heavy atom. The quantitative estimate of drug-likeness (QED) is 0.809. The van der Waals surface area contributed by atoms with Crippen LogP contribution >= 0.6 is 0 Å². The van der Waals surface area contributed by atoms with Gasteiger partial charge in [-0.25, -0.2) is 0 Å². The maximum absolute atomic E-state index is 12.1. The van der Waals surface area contributed by atoms with Crippen molar-refractivity contribution in [3.63, 3.8) is 0 Å². The Morgan fingerprint density at radius 1 is 1.23 bits per heavy atom. The van der Waals surface area contributed by atoms with Gasteiger partial charge in [-0.05, 0) is 44.5 Å². The lowest BCUT2D eigenvalue weighted by atomic mass is 10.0. The lowest BCUT2D eigenvalue weighted by molar-refractivity contribution is -0.137. The van der Waals surface area contributed by atoms with E-state index in [1.165, 1.54) is 6.42 Å². The van der Waals surface area contributed by atoms with Gasteiger partial charge in [-0.3, -0.25) is 14.5 Å². The van der Waals surface area contributed by atoms with Crippen molar-refractivity contribution in [2.75, 3.05) is 19.6 Å². The van der Waals surface area contributed by atoms with E-state index < -0.39 is 5.97 Å². The Kier molecular flexibility index (Phi) is 6.40. The van der Waals surface area contributed by atoms with Crippen LogP contribution in [-0.4, -0.2) is 47.6 Å². The molecular weight excluding hydrogens is 280 g/mol. The van der Waals surface area contributed by atoms with Crippen LogP contribution in [0.1, 0.15) is 42.5 Å². The average molecular weight is 304 g/mol. The van der Waals surface area contributed by atoms with Crippen LogP contribution in [0.5, 0.6) is 0 Å². The molecule has 1 heterocycles. The highest BCUT2D eigenvalue weighted by Crippen LogP contribution is 2.17. The van der Waals surface area contributed by atoms with Crippen molar-refractivity contribution in [1.29, 1.82) is 0 Å². The lowest BCUT2D eigenvalue weighted by Crippen LogP contribution is -2.47. The van der Waals surface area contributed by atoms with Crippen LogP contribution in [-0.2, 0) is 4.79 Å². The number of rotatable bonds is 7. The molecule has 5 nitrogen and oxygen atoms in total. The topological polar surface area (TPSA) is 69.6 Å². The molecule has 120 valence electrons. The number of carboxylic acids is 1. The number of benzene rings is 1. The molecular formula is C17H24N2O3. The van der Waals surface area contributed by atoms with E-state index in [9.17, 15) is 9.59 Å². The van der Waals surface area contributed by atoms with E-state index in [1.54, 1.807) is 12.1 Å². The summed E-state index contributed by atoms with van der Waals surface area (Å²) >= 11 is 0. The molecule has 0 saturated carbocycles. The van der Waals surface area contributed by atoms with E-state index in [-0.39, 0.29) is 12.3 Å². The summed E-state index contributed by atoms with van der Waals surface area (Å²) in [5.74, 6) is -0.789. The number of hydrogen-bond donors (Lipinski definition) is 2. The summed E-state index contributed by atoms with van der Waals surface area (Å²) in [6, 6.07) is 9.53. The molecule has 5 heteroatoms. The number of nitrogens with one attached hydrogen (secondary N) is 1. The van der Waals surface area contributed by atoms with Gasteiger partial charge >= 0.3 is 5.97 Å². The number of carbonyl (C=O) groups is 2. The Bertz CT molecular complexity index is 490. The highest BCUT2D eigenvalue weighted by molar-refractivity contribution is 5.94. The van der Waals surface area contributed by atoms with Crippen LogP contribution < -0.4 is 5.32 Å². The zero-order chi connectivity index (χ0) is 15.8. The van der Waals surface area contributed by atoms with Gasteiger partial charge in [0.15, 0.2) is 0 Å². The van der Waals surface area contributed by atoms with Crippen molar-refractivity contribution in [2.24, 2.45) is 0 Å². The van der Waals surface area contributed by atoms with Gasteiger partial charge in [0.2, 0.25) is 0 Å². The first kappa shape index (κ1) is 16.5. The minimum absolute atomic E-state index is 0.0448. The van der Waals surface area contributed by atoms with Crippen LogP contribution in [0.25, 0.3) is 0 Å². The van der Waals surface area contributed by atoms with Gasteiger partial charge < -0.3 is 10.4 Å². The molecule has 1 amide bonds. The Morgan fingerprint density at radius 3 is 2.73 bits per heavy atom. The molecule has 0 spiro atoms.